The van der Waals surface area contributed by atoms with E-state index in [9.17, 15) is 0 Å². The van der Waals surface area contributed by atoms with Crippen molar-refractivity contribution in [2.24, 2.45) is 0 Å². The molecule has 2 aromatic heterocycles. The van der Waals surface area contributed by atoms with E-state index in [1.54, 1.807) is 11.0 Å². The first-order chi connectivity index (χ1) is 7.99. The predicted octanol–water partition coefficient (Wildman–Crippen LogP) is 1.57. The molecular formula is C11H17N5O. The summed E-state index contributed by atoms with van der Waals surface area (Å²) in [5, 5.41) is 8.27. The van der Waals surface area contributed by atoms with Crippen LogP contribution in [0.5, 0.6) is 0 Å². The molecule has 0 aliphatic rings. The number of aromatic nitrogens is 5. The van der Waals surface area contributed by atoms with Gasteiger partial charge in [-0.2, -0.15) is 10.1 Å². The van der Waals surface area contributed by atoms with Gasteiger partial charge < -0.3 is 4.52 Å². The van der Waals surface area contributed by atoms with E-state index in [-0.39, 0.29) is 5.41 Å². The van der Waals surface area contributed by atoms with Crippen molar-refractivity contribution < 1.29 is 4.52 Å². The summed E-state index contributed by atoms with van der Waals surface area (Å²) in [4.78, 5) is 8.51. The van der Waals surface area contributed by atoms with Crippen LogP contribution < -0.4 is 0 Å². The molecule has 0 saturated carbocycles. The van der Waals surface area contributed by atoms with Crippen LogP contribution in [-0.2, 0) is 18.4 Å². The standard InChI is InChI=1S/C11H17N5O/c1-5-9-13-8(15-17-9)6-16-7-12-10(14-16)11(2,3)4/h7H,5-6H2,1-4H3. The molecule has 0 aliphatic heterocycles. The minimum Gasteiger partial charge on any atom is -0.339 e. The summed E-state index contributed by atoms with van der Waals surface area (Å²) in [5.41, 5.74) is -0.0446. The topological polar surface area (TPSA) is 69.6 Å². The van der Waals surface area contributed by atoms with Crippen molar-refractivity contribution in [1.29, 1.82) is 0 Å². The second kappa shape index (κ2) is 4.27. The van der Waals surface area contributed by atoms with Gasteiger partial charge in [-0.3, -0.25) is 0 Å². The van der Waals surface area contributed by atoms with Crippen molar-refractivity contribution in [3.63, 3.8) is 0 Å². The summed E-state index contributed by atoms with van der Waals surface area (Å²) in [6.45, 7) is 8.71. The monoisotopic (exact) mass is 235 g/mol. The smallest absolute Gasteiger partial charge is 0.226 e. The minimum atomic E-state index is -0.0446. The van der Waals surface area contributed by atoms with E-state index in [4.69, 9.17) is 4.52 Å². The molecule has 0 unspecified atom stereocenters. The highest BCUT2D eigenvalue weighted by atomic mass is 16.5. The molecule has 0 amide bonds. The van der Waals surface area contributed by atoms with Gasteiger partial charge in [-0.25, -0.2) is 9.67 Å². The van der Waals surface area contributed by atoms with Crippen LogP contribution in [0.3, 0.4) is 0 Å². The largest absolute Gasteiger partial charge is 0.339 e. The normalized spacial score (nSPS) is 12.0. The van der Waals surface area contributed by atoms with Gasteiger partial charge >= 0.3 is 0 Å². The Morgan fingerprint density at radius 1 is 1.35 bits per heavy atom. The summed E-state index contributed by atoms with van der Waals surface area (Å²) >= 11 is 0. The second-order valence-corrected chi connectivity index (χ2v) is 4.97. The zero-order valence-electron chi connectivity index (χ0n) is 10.6. The first-order valence-corrected chi connectivity index (χ1v) is 5.70. The Hall–Kier alpha value is -1.72. The maximum Gasteiger partial charge on any atom is 0.226 e. The molecule has 0 saturated heterocycles. The molecule has 0 bridgehead atoms. The Kier molecular flexibility index (Phi) is 2.95. The van der Waals surface area contributed by atoms with Crippen LogP contribution in [0.25, 0.3) is 0 Å². The lowest BCUT2D eigenvalue weighted by molar-refractivity contribution is 0.374. The molecule has 0 N–H and O–H groups in total. The van der Waals surface area contributed by atoms with Crippen molar-refractivity contribution in [2.75, 3.05) is 0 Å². The highest BCUT2D eigenvalue weighted by Crippen LogP contribution is 2.17. The maximum absolute atomic E-state index is 5.04. The van der Waals surface area contributed by atoms with Crippen LogP contribution in [-0.4, -0.2) is 24.9 Å². The third-order valence-electron chi connectivity index (χ3n) is 2.32. The van der Waals surface area contributed by atoms with E-state index in [0.29, 0.717) is 18.3 Å². The van der Waals surface area contributed by atoms with Gasteiger partial charge in [0.2, 0.25) is 5.89 Å². The first kappa shape index (κ1) is 11.8. The minimum absolute atomic E-state index is 0.0446. The zero-order chi connectivity index (χ0) is 12.5. The molecule has 0 spiro atoms. The second-order valence-electron chi connectivity index (χ2n) is 4.97. The molecular weight excluding hydrogens is 218 g/mol. The van der Waals surface area contributed by atoms with Crippen molar-refractivity contribution in [3.05, 3.63) is 23.9 Å². The van der Waals surface area contributed by atoms with E-state index < -0.39 is 0 Å². The number of aryl methyl sites for hydroxylation is 1. The van der Waals surface area contributed by atoms with Crippen LogP contribution >= 0.6 is 0 Å². The molecule has 0 fully saturated rings. The van der Waals surface area contributed by atoms with E-state index in [0.717, 1.165) is 12.2 Å². The molecule has 2 aromatic rings. The Labute approximate surface area is 100 Å². The molecule has 0 aliphatic carbocycles. The van der Waals surface area contributed by atoms with Gasteiger partial charge in [0.1, 0.15) is 12.9 Å². The van der Waals surface area contributed by atoms with E-state index >= 15 is 0 Å². The number of hydrogen-bond donors (Lipinski definition) is 0. The van der Waals surface area contributed by atoms with Gasteiger partial charge in [0.05, 0.1) is 0 Å². The number of hydrogen-bond acceptors (Lipinski definition) is 5. The van der Waals surface area contributed by atoms with Crippen molar-refractivity contribution in [1.82, 2.24) is 24.9 Å². The van der Waals surface area contributed by atoms with Crippen LogP contribution in [0.2, 0.25) is 0 Å². The fourth-order valence-corrected chi connectivity index (χ4v) is 1.36. The van der Waals surface area contributed by atoms with Gasteiger partial charge in [-0.15, -0.1) is 0 Å². The molecule has 6 heteroatoms. The lowest BCUT2D eigenvalue weighted by Crippen LogP contribution is -2.14. The van der Waals surface area contributed by atoms with Crippen molar-refractivity contribution in [2.45, 2.75) is 46.1 Å². The predicted molar refractivity (Wildman–Crippen MR) is 61.5 cm³/mol. The van der Waals surface area contributed by atoms with Gasteiger partial charge in [-0.05, 0) is 0 Å². The van der Waals surface area contributed by atoms with Crippen LogP contribution in [0.15, 0.2) is 10.9 Å². The van der Waals surface area contributed by atoms with E-state index in [2.05, 4.69) is 41.0 Å². The SMILES string of the molecule is CCc1nc(Cn2cnc(C(C)(C)C)n2)no1. The first-order valence-electron chi connectivity index (χ1n) is 5.70. The molecule has 2 rings (SSSR count). The van der Waals surface area contributed by atoms with Gasteiger partial charge in [-0.1, -0.05) is 32.9 Å². The third kappa shape index (κ3) is 2.69. The summed E-state index contributed by atoms with van der Waals surface area (Å²) in [7, 11) is 0. The van der Waals surface area contributed by atoms with Gasteiger partial charge in [0.15, 0.2) is 11.6 Å². The summed E-state index contributed by atoms with van der Waals surface area (Å²) < 4.78 is 6.76. The fraction of sp³-hybridized carbons (Fsp3) is 0.636. The quantitative estimate of drug-likeness (QED) is 0.807. The van der Waals surface area contributed by atoms with Crippen LogP contribution in [0.1, 0.15) is 45.2 Å². The fourth-order valence-electron chi connectivity index (χ4n) is 1.36. The van der Waals surface area contributed by atoms with Crippen LogP contribution in [0, 0.1) is 0 Å². The zero-order valence-corrected chi connectivity index (χ0v) is 10.6. The van der Waals surface area contributed by atoms with Gasteiger partial charge in [0, 0.05) is 11.8 Å². The highest BCUT2D eigenvalue weighted by Gasteiger charge is 2.19. The Morgan fingerprint density at radius 3 is 2.65 bits per heavy atom. The lowest BCUT2D eigenvalue weighted by Gasteiger charge is -2.12. The molecule has 92 valence electrons. The van der Waals surface area contributed by atoms with E-state index in [1.807, 2.05) is 6.92 Å². The molecule has 0 atom stereocenters. The maximum atomic E-state index is 5.04. The average molecular weight is 235 g/mol. The summed E-state index contributed by atoms with van der Waals surface area (Å²) in [6.07, 6.45) is 2.44. The molecule has 17 heavy (non-hydrogen) atoms. The summed E-state index contributed by atoms with van der Waals surface area (Å²) in [5.74, 6) is 2.10. The molecule has 2 heterocycles. The average Bonchev–Trinajstić information content (AvgIpc) is 2.86. The summed E-state index contributed by atoms with van der Waals surface area (Å²) in [6, 6.07) is 0. The number of nitrogens with zero attached hydrogens (tertiary/aromatic N) is 5. The number of rotatable bonds is 3. The third-order valence-corrected chi connectivity index (χ3v) is 2.32. The highest BCUT2D eigenvalue weighted by molar-refractivity contribution is 4.99. The molecule has 0 aromatic carbocycles. The lowest BCUT2D eigenvalue weighted by atomic mass is 9.96. The molecule has 0 radical (unpaired) electrons. The van der Waals surface area contributed by atoms with Crippen LogP contribution in [0.4, 0.5) is 0 Å². The van der Waals surface area contributed by atoms with Gasteiger partial charge in [0.25, 0.3) is 0 Å². The Morgan fingerprint density at radius 2 is 2.12 bits per heavy atom. The Bertz CT molecular complexity index is 494. The van der Waals surface area contributed by atoms with E-state index in [1.165, 1.54) is 0 Å². The molecule has 6 nitrogen and oxygen atoms in total. The van der Waals surface area contributed by atoms with Crippen molar-refractivity contribution in [3.8, 4) is 0 Å². The Balaban J connectivity index is 2.11. The van der Waals surface area contributed by atoms with Crippen molar-refractivity contribution >= 4 is 0 Å².